The van der Waals surface area contributed by atoms with Gasteiger partial charge < -0.3 is 15.0 Å². The van der Waals surface area contributed by atoms with Crippen molar-refractivity contribution in [3.8, 4) is 0 Å². The minimum atomic E-state index is -0.579. The molecule has 0 aliphatic rings. The number of carbonyl (C=O) groups is 1. The summed E-state index contributed by atoms with van der Waals surface area (Å²) in [4.78, 5) is 26.8. The van der Waals surface area contributed by atoms with Crippen LogP contribution in [0.25, 0.3) is 0 Å². The summed E-state index contributed by atoms with van der Waals surface area (Å²) < 4.78 is 0. The molecule has 86 valence electrons. The Balaban J connectivity index is 3.08. The standard InChI is InChI=1S/C10H13N3O3/c1-4-12(3)10(14)8-6-11-9(13(15)16)5-7(8)2/h5-6H,4H2,1-3H3. The molecule has 0 N–H and O–H groups in total. The van der Waals surface area contributed by atoms with Crippen molar-refractivity contribution < 1.29 is 9.72 Å². The maximum atomic E-state index is 11.8. The number of rotatable bonds is 3. The SMILES string of the molecule is CCN(C)C(=O)c1cnc([N+](=O)[O-])cc1C. The maximum absolute atomic E-state index is 11.8. The van der Waals surface area contributed by atoms with Crippen LogP contribution >= 0.6 is 0 Å². The average molecular weight is 223 g/mol. The molecule has 0 atom stereocenters. The van der Waals surface area contributed by atoms with Gasteiger partial charge in [0.25, 0.3) is 5.91 Å². The fourth-order valence-corrected chi connectivity index (χ4v) is 1.21. The Bertz CT molecular complexity index is 431. The number of pyridine rings is 1. The van der Waals surface area contributed by atoms with E-state index in [0.29, 0.717) is 17.7 Å². The molecule has 1 aromatic rings. The highest BCUT2D eigenvalue weighted by Crippen LogP contribution is 2.14. The quantitative estimate of drug-likeness (QED) is 0.573. The summed E-state index contributed by atoms with van der Waals surface area (Å²) in [5.74, 6) is -0.421. The number of nitro groups is 1. The Labute approximate surface area is 93.1 Å². The van der Waals surface area contributed by atoms with Crippen LogP contribution < -0.4 is 0 Å². The lowest BCUT2D eigenvalue weighted by Gasteiger charge is -2.14. The van der Waals surface area contributed by atoms with Crippen molar-refractivity contribution in [2.45, 2.75) is 13.8 Å². The minimum Gasteiger partial charge on any atom is -0.358 e. The normalized spacial score (nSPS) is 9.94. The molecule has 1 amide bonds. The maximum Gasteiger partial charge on any atom is 0.363 e. The Morgan fingerprint density at radius 2 is 2.25 bits per heavy atom. The number of carbonyl (C=O) groups excluding carboxylic acids is 1. The summed E-state index contributed by atoms with van der Waals surface area (Å²) in [5.41, 5.74) is 0.960. The number of amides is 1. The second-order valence-corrected chi connectivity index (χ2v) is 3.43. The summed E-state index contributed by atoms with van der Waals surface area (Å²) in [6, 6.07) is 1.30. The van der Waals surface area contributed by atoms with Crippen LogP contribution in [0.2, 0.25) is 0 Å². The lowest BCUT2D eigenvalue weighted by molar-refractivity contribution is -0.389. The van der Waals surface area contributed by atoms with Crippen LogP contribution in [0.5, 0.6) is 0 Å². The molecular weight excluding hydrogens is 210 g/mol. The third-order valence-electron chi connectivity index (χ3n) is 2.33. The van der Waals surface area contributed by atoms with Crippen molar-refractivity contribution in [1.29, 1.82) is 0 Å². The Hall–Kier alpha value is -1.98. The molecule has 1 rings (SSSR count). The Morgan fingerprint density at radius 3 is 2.69 bits per heavy atom. The fourth-order valence-electron chi connectivity index (χ4n) is 1.21. The van der Waals surface area contributed by atoms with E-state index in [9.17, 15) is 14.9 Å². The molecule has 0 aliphatic heterocycles. The zero-order chi connectivity index (χ0) is 12.3. The molecule has 6 heteroatoms. The van der Waals surface area contributed by atoms with Crippen LogP contribution in [0.15, 0.2) is 12.3 Å². The van der Waals surface area contributed by atoms with Gasteiger partial charge in [-0.05, 0) is 29.3 Å². The minimum absolute atomic E-state index is 0.178. The van der Waals surface area contributed by atoms with Gasteiger partial charge in [-0.2, -0.15) is 0 Å². The van der Waals surface area contributed by atoms with Crippen molar-refractivity contribution in [1.82, 2.24) is 9.88 Å². The topological polar surface area (TPSA) is 76.3 Å². The lowest BCUT2D eigenvalue weighted by Crippen LogP contribution is -2.27. The zero-order valence-electron chi connectivity index (χ0n) is 9.43. The summed E-state index contributed by atoms with van der Waals surface area (Å²) in [6.45, 7) is 4.09. The Morgan fingerprint density at radius 1 is 1.62 bits per heavy atom. The van der Waals surface area contributed by atoms with Gasteiger partial charge in [-0.1, -0.05) is 0 Å². The monoisotopic (exact) mass is 223 g/mol. The van der Waals surface area contributed by atoms with Gasteiger partial charge in [-0.25, -0.2) is 0 Å². The van der Waals surface area contributed by atoms with Gasteiger partial charge in [-0.15, -0.1) is 0 Å². The molecule has 0 saturated carbocycles. The average Bonchev–Trinajstić information content (AvgIpc) is 2.26. The van der Waals surface area contributed by atoms with Crippen molar-refractivity contribution in [3.63, 3.8) is 0 Å². The number of aryl methyl sites for hydroxylation is 1. The molecule has 0 radical (unpaired) electrons. The summed E-state index contributed by atoms with van der Waals surface area (Å²) >= 11 is 0. The van der Waals surface area contributed by atoms with Crippen LogP contribution in [0.4, 0.5) is 5.82 Å². The van der Waals surface area contributed by atoms with Crippen LogP contribution in [0.1, 0.15) is 22.8 Å². The summed E-state index contributed by atoms with van der Waals surface area (Å²) in [7, 11) is 1.67. The molecule has 0 aromatic carbocycles. The molecule has 0 bridgehead atoms. The molecule has 1 heterocycles. The first-order valence-corrected chi connectivity index (χ1v) is 4.83. The number of hydrogen-bond acceptors (Lipinski definition) is 4. The third-order valence-corrected chi connectivity index (χ3v) is 2.33. The highest BCUT2D eigenvalue weighted by molar-refractivity contribution is 5.95. The van der Waals surface area contributed by atoms with Crippen molar-refractivity contribution in [3.05, 3.63) is 33.5 Å². The molecule has 0 spiro atoms. The van der Waals surface area contributed by atoms with E-state index in [-0.39, 0.29) is 11.7 Å². The molecular formula is C10H13N3O3. The van der Waals surface area contributed by atoms with E-state index in [1.807, 2.05) is 6.92 Å². The van der Waals surface area contributed by atoms with E-state index in [0.717, 1.165) is 0 Å². The smallest absolute Gasteiger partial charge is 0.358 e. The fraction of sp³-hybridized carbons (Fsp3) is 0.400. The van der Waals surface area contributed by atoms with Gasteiger partial charge in [-0.3, -0.25) is 4.79 Å². The first-order valence-electron chi connectivity index (χ1n) is 4.83. The molecule has 0 aliphatic carbocycles. The largest absolute Gasteiger partial charge is 0.363 e. The second-order valence-electron chi connectivity index (χ2n) is 3.43. The van der Waals surface area contributed by atoms with E-state index < -0.39 is 4.92 Å². The second kappa shape index (κ2) is 4.69. The van der Waals surface area contributed by atoms with E-state index in [4.69, 9.17) is 0 Å². The molecule has 6 nitrogen and oxygen atoms in total. The zero-order valence-corrected chi connectivity index (χ0v) is 9.43. The number of hydrogen-bond donors (Lipinski definition) is 0. The molecule has 0 unspecified atom stereocenters. The van der Waals surface area contributed by atoms with Crippen LogP contribution in [0.3, 0.4) is 0 Å². The third kappa shape index (κ3) is 2.33. The van der Waals surface area contributed by atoms with Crippen LogP contribution in [0, 0.1) is 17.0 Å². The van der Waals surface area contributed by atoms with Gasteiger partial charge in [0.1, 0.15) is 0 Å². The van der Waals surface area contributed by atoms with E-state index >= 15 is 0 Å². The van der Waals surface area contributed by atoms with Gasteiger partial charge in [0, 0.05) is 19.7 Å². The van der Waals surface area contributed by atoms with Crippen molar-refractivity contribution in [2.24, 2.45) is 0 Å². The van der Waals surface area contributed by atoms with Crippen molar-refractivity contribution >= 4 is 11.7 Å². The van der Waals surface area contributed by atoms with E-state index in [1.165, 1.54) is 17.2 Å². The van der Waals surface area contributed by atoms with E-state index in [1.54, 1.807) is 14.0 Å². The molecule has 1 aromatic heterocycles. The molecule has 0 fully saturated rings. The number of aromatic nitrogens is 1. The summed E-state index contributed by atoms with van der Waals surface area (Å²) in [5, 5.41) is 10.5. The predicted molar refractivity (Wildman–Crippen MR) is 58.3 cm³/mol. The predicted octanol–water partition coefficient (Wildman–Crippen LogP) is 1.39. The van der Waals surface area contributed by atoms with Crippen LogP contribution in [-0.4, -0.2) is 34.3 Å². The highest BCUT2D eigenvalue weighted by Gasteiger charge is 2.18. The first kappa shape index (κ1) is 12.1. The van der Waals surface area contributed by atoms with Gasteiger partial charge in [0.05, 0.1) is 5.56 Å². The number of nitrogens with zero attached hydrogens (tertiary/aromatic N) is 3. The highest BCUT2D eigenvalue weighted by atomic mass is 16.6. The lowest BCUT2D eigenvalue weighted by atomic mass is 10.1. The van der Waals surface area contributed by atoms with Crippen molar-refractivity contribution in [2.75, 3.05) is 13.6 Å². The van der Waals surface area contributed by atoms with E-state index in [2.05, 4.69) is 4.98 Å². The van der Waals surface area contributed by atoms with Crippen LogP contribution in [-0.2, 0) is 0 Å². The Kier molecular flexibility index (Phi) is 3.55. The molecule has 16 heavy (non-hydrogen) atoms. The summed E-state index contributed by atoms with van der Waals surface area (Å²) in [6.07, 6.45) is 1.25. The van der Waals surface area contributed by atoms with Gasteiger partial charge >= 0.3 is 5.82 Å². The first-order chi connectivity index (χ1) is 7.47. The van der Waals surface area contributed by atoms with Gasteiger partial charge in [0.15, 0.2) is 6.20 Å². The molecule has 0 saturated heterocycles. The van der Waals surface area contributed by atoms with Gasteiger partial charge in [0.2, 0.25) is 0 Å².